The molecule has 2 rings (SSSR count). The molecule has 0 saturated heterocycles. The highest BCUT2D eigenvalue weighted by molar-refractivity contribution is 14.0. The van der Waals surface area contributed by atoms with Crippen LogP contribution in [0.5, 0.6) is 5.75 Å². The van der Waals surface area contributed by atoms with Gasteiger partial charge in [-0.25, -0.2) is 8.42 Å². The lowest BCUT2D eigenvalue weighted by atomic mass is 10.2. The van der Waals surface area contributed by atoms with E-state index in [1.807, 2.05) is 38.1 Å². The maximum absolute atomic E-state index is 11.5. The molecule has 2 aromatic rings. The number of para-hydroxylation sites is 1. The van der Waals surface area contributed by atoms with E-state index < -0.39 is 9.84 Å². The smallest absolute Gasteiger partial charge is 0.191 e. The van der Waals surface area contributed by atoms with Gasteiger partial charge in [-0.1, -0.05) is 30.3 Å². The normalized spacial score (nSPS) is 12.6. The minimum atomic E-state index is -3.17. The number of nitrogens with zero attached hydrogens (tertiary/aromatic N) is 1. The molecule has 0 saturated carbocycles. The predicted molar refractivity (Wildman–Crippen MR) is 124 cm³/mol. The summed E-state index contributed by atoms with van der Waals surface area (Å²) in [5.41, 5.74) is 2.07. The Labute approximate surface area is 184 Å². The zero-order chi connectivity index (χ0) is 19.9. The minimum Gasteiger partial charge on any atom is -0.489 e. The second-order valence-corrected chi connectivity index (χ2v) is 8.43. The Bertz CT molecular complexity index is 884. The third-order valence-electron chi connectivity index (χ3n) is 4.01. The van der Waals surface area contributed by atoms with Crippen molar-refractivity contribution < 1.29 is 13.2 Å². The van der Waals surface area contributed by atoms with Gasteiger partial charge in [0, 0.05) is 19.8 Å². The van der Waals surface area contributed by atoms with Crippen LogP contribution in [0.1, 0.15) is 18.1 Å². The zero-order valence-corrected chi connectivity index (χ0v) is 19.7. The van der Waals surface area contributed by atoms with Gasteiger partial charge in [-0.15, -0.1) is 24.0 Å². The molecule has 6 nitrogen and oxygen atoms in total. The largest absolute Gasteiger partial charge is 0.489 e. The van der Waals surface area contributed by atoms with Crippen molar-refractivity contribution in [1.82, 2.24) is 10.6 Å². The van der Waals surface area contributed by atoms with E-state index in [4.69, 9.17) is 4.74 Å². The molecule has 0 radical (unpaired) electrons. The van der Waals surface area contributed by atoms with Crippen LogP contribution in [0, 0.1) is 6.92 Å². The van der Waals surface area contributed by atoms with E-state index in [0.717, 1.165) is 16.9 Å². The van der Waals surface area contributed by atoms with Gasteiger partial charge >= 0.3 is 0 Å². The van der Waals surface area contributed by atoms with Crippen LogP contribution in [0.4, 0.5) is 0 Å². The van der Waals surface area contributed by atoms with Gasteiger partial charge in [0.2, 0.25) is 0 Å². The first-order chi connectivity index (χ1) is 12.8. The van der Waals surface area contributed by atoms with Crippen LogP contribution in [0.15, 0.2) is 58.4 Å². The Morgan fingerprint density at radius 1 is 1.11 bits per heavy atom. The molecule has 0 aliphatic heterocycles. The van der Waals surface area contributed by atoms with Gasteiger partial charge < -0.3 is 15.4 Å². The number of halogens is 1. The molecule has 154 valence electrons. The molecular weight excluding hydrogens is 489 g/mol. The van der Waals surface area contributed by atoms with Crippen LogP contribution in [0.25, 0.3) is 0 Å². The van der Waals surface area contributed by atoms with Crippen molar-refractivity contribution in [1.29, 1.82) is 0 Å². The Kier molecular flexibility index (Phi) is 9.74. The van der Waals surface area contributed by atoms with Crippen molar-refractivity contribution >= 4 is 39.8 Å². The lowest BCUT2D eigenvalue weighted by Gasteiger charge is -2.19. The number of rotatable bonds is 7. The molecule has 0 bridgehead atoms. The lowest BCUT2D eigenvalue weighted by molar-refractivity contribution is 0.222. The average Bonchev–Trinajstić information content (AvgIpc) is 2.63. The van der Waals surface area contributed by atoms with Crippen LogP contribution in [-0.2, 0) is 16.4 Å². The minimum absolute atomic E-state index is 0. The maximum atomic E-state index is 11.5. The first-order valence-corrected chi connectivity index (χ1v) is 10.6. The van der Waals surface area contributed by atoms with E-state index in [1.54, 1.807) is 31.3 Å². The molecule has 8 heteroatoms. The van der Waals surface area contributed by atoms with Gasteiger partial charge in [-0.05, 0) is 43.2 Å². The van der Waals surface area contributed by atoms with Gasteiger partial charge in [0.05, 0.1) is 11.4 Å². The molecule has 2 N–H and O–H groups in total. The van der Waals surface area contributed by atoms with Gasteiger partial charge in [0.25, 0.3) is 0 Å². The SMILES string of the molecule is CN=C(NCc1ccc(S(C)(=O)=O)cc1)NCC(C)Oc1ccccc1C.I. The first-order valence-electron chi connectivity index (χ1n) is 8.75. The summed E-state index contributed by atoms with van der Waals surface area (Å²) in [6.45, 7) is 5.15. The van der Waals surface area contributed by atoms with E-state index in [1.165, 1.54) is 6.26 Å². The van der Waals surface area contributed by atoms with E-state index in [-0.39, 0.29) is 30.1 Å². The van der Waals surface area contributed by atoms with Gasteiger partial charge in [-0.2, -0.15) is 0 Å². The summed E-state index contributed by atoms with van der Waals surface area (Å²) >= 11 is 0. The third kappa shape index (κ3) is 7.67. The summed E-state index contributed by atoms with van der Waals surface area (Å²) in [4.78, 5) is 4.52. The number of benzene rings is 2. The Hall–Kier alpha value is -1.81. The van der Waals surface area contributed by atoms with Crippen LogP contribution in [0.2, 0.25) is 0 Å². The Morgan fingerprint density at radius 2 is 1.75 bits per heavy atom. The van der Waals surface area contributed by atoms with Crippen LogP contribution < -0.4 is 15.4 Å². The summed E-state index contributed by atoms with van der Waals surface area (Å²) < 4.78 is 28.9. The molecule has 2 aromatic carbocycles. The van der Waals surface area contributed by atoms with E-state index in [2.05, 4.69) is 15.6 Å². The number of hydrogen-bond donors (Lipinski definition) is 2. The predicted octanol–water partition coefficient (Wildman–Crippen LogP) is 3.15. The highest BCUT2D eigenvalue weighted by Gasteiger charge is 2.08. The van der Waals surface area contributed by atoms with Crippen molar-refractivity contribution in [3.63, 3.8) is 0 Å². The fourth-order valence-corrected chi connectivity index (χ4v) is 3.08. The van der Waals surface area contributed by atoms with Crippen molar-refractivity contribution in [2.24, 2.45) is 4.99 Å². The molecule has 1 atom stereocenters. The zero-order valence-electron chi connectivity index (χ0n) is 16.6. The fourth-order valence-electron chi connectivity index (χ4n) is 2.45. The number of ether oxygens (including phenoxy) is 1. The van der Waals surface area contributed by atoms with Crippen LogP contribution >= 0.6 is 24.0 Å². The fraction of sp³-hybridized carbons (Fsp3) is 0.350. The molecule has 0 fully saturated rings. The third-order valence-corrected chi connectivity index (χ3v) is 5.14. The highest BCUT2D eigenvalue weighted by Crippen LogP contribution is 2.17. The molecule has 28 heavy (non-hydrogen) atoms. The number of nitrogens with one attached hydrogen (secondary N) is 2. The van der Waals surface area contributed by atoms with Gasteiger partial charge in [0.1, 0.15) is 11.9 Å². The standard InChI is InChI=1S/C20H27N3O3S.HI/c1-15-7-5-6-8-19(15)26-16(2)13-22-20(21-3)23-14-17-9-11-18(12-10-17)27(4,24)25;/h5-12,16H,13-14H2,1-4H3,(H2,21,22,23);1H. The molecule has 0 amide bonds. The number of guanidine groups is 1. The molecule has 0 aliphatic carbocycles. The molecule has 0 aliphatic rings. The number of aryl methyl sites for hydroxylation is 1. The van der Waals surface area contributed by atoms with E-state index in [0.29, 0.717) is 23.9 Å². The summed E-state index contributed by atoms with van der Waals surface area (Å²) in [5, 5.41) is 6.44. The number of hydrogen-bond acceptors (Lipinski definition) is 4. The van der Waals surface area contributed by atoms with Crippen molar-refractivity contribution in [3.8, 4) is 5.75 Å². The summed E-state index contributed by atoms with van der Waals surface area (Å²) in [5.74, 6) is 1.53. The van der Waals surface area contributed by atoms with Gasteiger partial charge in [0.15, 0.2) is 15.8 Å². The summed E-state index contributed by atoms with van der Waals surface area (Å²) in [6.07, 6.45) is 1.17. The molecule has 0 spiro atoms. The molecule has 1 unspecified atom stereocenters. The maximum Gasteiger partial charge on any atom is 0.191 e. The second-order valence-electron chi connectivity index (χ2n) is 6.42. The van der Waals surface area contributed by atoms with Gasteiger partial charge in [-0.3, -0.25) is 4.99 Å². The quantitative estimate of drug-likeness (QED) is 0.335. The first kappa shape index (κ1) is 24.2. The van der Waals surface area contributed by atoms with E-state index >= 15 is 0 Å². The van der Waals surface area contributed by atoms with E-state index in [9.17, 15) is 8.42 Å². The molecule has 0 heterocycles. The number of aliphatic imine (C=N–C) groups is 1. The monoisotopic (exact) mass is 517 g/mol. The van der Waals surface area contributed by atoms with Crippen LogP contribution in [-0.4, -0.2) is 40.3 Å². The topological polar surface area (TPSA) is 79.8 Å². The second kappa shape index (κ2) is 11.3. The summed E-state index contributed by atoms with van der Waals surface area (Å²) in [7, 11) is -1.47. The van der Waals surface area contributed by atoms with Crippen molar-refractivity contribution in [2.45, 2.75) is 31.4 Å². The summed E-state index contributed by atoms with van der Waals surface area (Å²) in [6, 6.07) is 14.7. The van der Waals surface area contributed by atoms with Crippen molar-refractivity contribution in [2.75, 3.05) is 19.8 Å². The Balaban J connectivity index is 0.00000392. The average molecular weight is 517 g/mol. The highest BCUT2D eigenvalue weighted by atomic mass is 127. The molecular formula is C20H28IN3O3S. The number of sulfone groups is 1. The lowest BCUT2D eigenvalue weighted by Crippen LogP contribution is -2.41. The Morgan fingerprint density at radius 3 is 2.32 bits per heavy atom. The van der Waals surface area contributed by atoms with Crippen LogP contribution in [0.3, 0.4) is 0 Å². The molecule has 0 aromatic heterocycles. The van der Waals surface area contributed by atoms with Crippen molar-refractivity contribution in [3.05, 3.63) is 59.7 Å².